The van der Waals surface area contributed by atoms with E-state index in [1.54, 1.807) is 6.92 Å². The van der Waals surface area contributed by atoms with Crippen LogP contribution in [-0.2, 0) is 9.53 Å². The average molecular weight is 308 g/mol. The third-order valence-electron chi connectivity index (χ3n) is 4.07. The molecule has 1 unspecified atom stereocenters. The number of rotatable bonds is 7. The molecule has 2 rings (SSSR count). The highest BCUT2D eigenvalue weighted by Gasteiger charge is 2.32. The minimum atomic E-state index is -0.441. The molecule has 0 saturated carbocycles. The van der Waals surface area contributed by atoms with Crippen molar-refractivity contribution in [2.45, 2.75) is 39.5 Å². The monoisotopic (exact) mass is 308 g/mol. The molecular formula is C16H24N2O4. The second-order valence-corrected chi connectivity index (χ2v) is 5.70. The van der Waals surface area contributed by atoms with Crippen molar-refractivity contribution in [2.24, 2.45) is 5.92 Å². The van der Waals surface area contributed by atoms with E-state index in [1.165, 1.54) is 0 Å². The molecule has 1 saturated heterocycles. The molecule has 1 aromatic rings. The summed E-state index contributed by atoms with van der Waals surface area (Å²) in [5, 5.41) is 3.07. The van der Waals surface area contributed by atoms with Gasteiger partial charge in [-0.25, -0.2) is 0 Å². The van der Waals surface area contributed by atoms with Crippen molar-refractivity contribution in [3.63, 3.8) is 0 Å². The first kappa shape index (κ1) is 16.5. The van der Waals surface area contributed by atoms with Gasteiger partial charge in [0.25, 0.3) is 10.9 Å². The van der Waals surface area contributed by atoms with E-state index >= 15 is 0 Å². The van der Waals surface area contributed by atoms with Gasteiger partial charge in [-0.05, 0) is 26.2 Å². The lowest BCUT2D eigenvalue weighted by molar-refractivity contribution is -0.148. The predicted octanol–water partition coefficient (Wildman–Crippen LogP) is 1.27. The van der Waals surface area contributed by atoms with Gasteiger partial charge in [-0.3, -0.25) is 14.4 Å². The summed E-state index contributed by atoms with van der Waals surface area (Å²) < 4.78 is 5.07. The van der Waals surface area contributed by atoms with Gasteiger partial charge in [0.1, 0.15) is 11.4 Å². The lowest BCUT2D eigenvalue weighted by atomic mass is 9.96. The zero-order valence-corrected chi connectivity index (χ0v) is 13.3. The largest absolute Gasteiger partial charge is 0.466 e. The average Bonchev–Trinajstić information content (AvgIpc) is 2.54. The van der Waals surface area contributed by atoms with Gasteiger partial charge in [-0.2, -0.15) is 0 Å². The first-order valence-corrected chi connectivity index (χ1v) is 8.08. The van der Waals surface area contributed by atoms with Crippen LogP contribution < -0.4 is 21.1 Å². The number of anilines is 2. The molecule has 0 aliphatic carbocycles. The number of esters is 1. The molecule has 1 fully saturated rings. The van der Waals surface area contributed by atoms with Crippen LogP contribution in [0.1, 0.15) is 39.5 Å². The minimum Gasteiger partial charge on any atom is -0.466 e. The van der Waals surface area contributed by atoms with Crippen LogP contribution in [0.4, 0.5) is 11.4 Å². The highest BCUT2D eigenvalue weighted by molar-refractivity contribution is 5.78. The van der Waals surface area contributed by atoms with Crippen LogP contribution in [0, 0.1) is 5.92 Å². The molecule has 0 aromatic heterocycles. The van der Waals surface area contributed by atoms with Crippen molar-refractivity contribution in [1.29, 1.82) is 0 Å². The van der Waals surface area contributed by atoms with E-state index in [1.807, 2.05) is 4.90 Å². The maximum absolute atomic E-state index is 11.9. The Kier molecular flexibility index (Phi) is 5.57. The van der Waals surface area contributed by atoms with E-state index in [4.69, 9.17) is 4.74 Å². The Bertz CT molecular complexity index is 589. The summed E-state index contributed by atoms with van der Waals surface area (Å²) in [5.41, 5.74) is -0.00840. The number of piperidine rings is 1. The Morgan fingerprint density at radius 2 is 2.09 bits per heavy atom. The second kappa shape index (κ2) is 7.42. The Morgan fingerprint density at radius 1 is 1.32 bits per heavy atom. The third-order valence-corrected chi connectivity index (χ3v) is 4.07. The second-order valence-electron chi connectivity index (χ2n) is 5.70. The summed E-state index contributed by atoms with van der Waals surface area (Å²) in [6.07, 6.45) is 3.55. The summed E-state index contributed by atoms with van der Waals surface area (Å²) in [4.78, 5) is 37.4. The van der Waals surface area contributed by atoms with Gasteiger partial charge >= 0.3 is 5.97 Å². The standard InChI is InChI=1S/C16H24N2O4/c1-3-5-8-17-12-13(15(20)14(12)19)18-9-6-7-11(10-18)16(21)22-4-2/h11,17H,3-10H2,1-2H3. The smallest absolute Gasteiger partial charge is 0.310 e. The van der Waals surface area contributed by atoms with Gasteiger partial charge in [0.05, 0.1) is 12.5 Å². The van der Waals surface area contributed by atoms with E-state index < -0.39 is 10.9 Å². The molecule has 22 heavy (non-hydrogen) atoms. The van der Waals surface area contributed by atoms with E-state index in [2.05, 4.69) is 12.2 Å². The Morgan fingerprint density at radius 3 is 2.77 bits per heavy atom. The van der Waals surface area contributed by atoms with Gasteiger partial charge in [-0.1, -0.05) is 13.3 Å². The summed E-state index contributed by atoms with van der Waals surface area (Å²) in [5.74, 6) is -0.437. The number of hydrogen-bond donors (Lipinski definition) is 1. The fourth-order valence-electron chi connectivity index (χ4n) is 2.87. The molecule has 6 heteroatoms. The number of ether oxygens (including phenoxy) is 1. The van der Waals surface area contributed by atoms with Crippen LogP contribution in [0.3, 0.4) is 0 Å². The summed E-state index contributed by atoms with van der Waals surface area (Å²) in [6, 6.07) is 0. The van der Waals surface area contributed by atoms with Crippen molar-refractivity contribution < 1.29 is 9.53 Å². The summed E-state index contributed by atoms with van der Waals surface area (Å²) >= 11 is 0. The summed E-state index contributed by atoms with van der Waals surface area (Å²) in [7, 11) is 0. The zero-order valence-electron chi connectivity index (χ0n) is 13.3. The molecule has 1 aliphatic heterocycles. The first-order valence-electron chi connectivity index (χ1n) is 8.08. The van der Waals surface area contributed by atoms with Crippen LogP contribution in [-0.4, -0.2) is 32.2 Å². The van der Waals surface area contributed by atoms with Gasteiger partial charge in [0.15, 0.2) is 0 Å². The van der Waals surface area contributed by atoms with Gasteiger partial charge in [-0.15, -0.1) is 0 Å². The molecular weight excluding hydrogens is 284 g/mol. The lowest BCUT2D eigenvalue weighted by Gasteiger charge is -2.34. The van der Waals surface area contributed by atoms with Gasteiger partial charge in [0.2, 0.25) is 0 Å². The van der Waals surface area contributed by atoms with Crippen LogP contribution in [0.15, 0.2) is 9.59 Å². The number of nitrogens with one attached hydrogen (secondary N) is 1. The van der Waals surface area contributed by atoms with Crippen LogP contribution in [0.25, 0.3) is 0 Å². The molecule has 1 heterocycles. The van der Waals surface area contributed by atoms with Crippen molar-refractivity contribution in [3.8, 4) is 0 Å². The fourth-order valence-corrected chi connectivity index (χ4v) is 2.87. The lowest BCUT2D eigenvalue weighted by Crippen LogP contribution is -2.47. The third kappa shape index (κ3) is 3.31. The van der Waals surface area contributed by atoms with E-state index in [-0.39, 0.29) is 11.9 Å². The molecule has 1 aromatic carbocycles. The van der Waals surface area contributed by atoms with Crippen molar-refractivity contribution in [3.05, 3.63) is 20.4 Å². The SMILES string of the molecule is CCCCNc1c(N2CCCC(C(=O)OCC)C2)c(=O)c1=O. The molecule has 122 valence electrons. The number of hydrogen-bond acceptors (Lipinski definition) is 6. The van der Waals surface area contributed by atoms with E-state index in [0.29, 0.717) is 37.6 Å². The molecule has 6 nitrogen and oxygen atoms in total. The highest BCUT2D eigenvalue weighted by atomic mass is 16.5. The van der Waals surface area contributed by atoms with Crippen LogP contribution >= 0.6 is 0 Å². The topological polar surface area (TPSA) is 75.7 Å². The molecule has 1 atom stereocenters. The molecule has 0 radical (unpaired) electrons. The molecule has 1 N–H and O–H groups in total. The van der Waals surface area contributed by atoms with E-state index in [9.17, 15) is 14.4 Å². The number of carbonyl (C=O) groups excluding carboxylic acids is 1. The zero-order chi connectivity index (χ0) is 16.1. The van der Waals surface area contributed by atoms with Crippen LogP contribution in [0.5, 0.6) is 0 Å². The fraction of sp³-hybridized carbons (Fsp3) is 0.688. The number of unbranched alkanes of at least 4 members (excludes halogenated alkanes) is 1. The maximum Gasteiger partial charge on any atom is 0.310 e. The van der Waals surface area contributed by atoms with E-state index in [0.717, 1.165) is 25.7 Å². The maximum atomic E-state index is 11.9. The van der Waals surface area contributed by atoms with Gasteiger partial charge < -0.3 is 15.0 Å². The normalized spacial score (nSPS) is 18.5. The molecule has 0 amide bonds. The molecule has 1 aliphatic rings. The minimum absolute atomic E-state index is 0.216. The highest BCUT2D eigenvalue weighted by Crippen LogP contribution is 2.27. The Balaban J connectivity index is 2.08. The molecule has 0 bridgehead atoms. The Hall–Kier alpha value is -1.85. The number of nitrogens with zero attached hydrogens (tertiary/aromatic N) is 1. The van der Waals surface area contributed by atoms with Crippen molar-refractivity contribution in [2.75, 3.05) is 36.5 Å². The quantitative estimate of drug-likeness (QED) is 0.464. The predicted molar refractivity (Wildman–Crippen MR) is 86.3 cm³/mol. The van der Waals surface area contributed by atoms with Crippen LogP contribution in [0.2, 0.25) is 0 Å². The Labute approximate surface area is 130 Å². The van der Waals surface area contributed by atoms with Crippen molar-refractivity contribution >= 4 is 17.3 Å². The van der Waals surface area contributed by atoms with Gasteiger partial charge in [0, 0.05) is 19.6 Å². The number of carbonyl (C=O) groups is 1. The first-order chi connectivity index (χ1) is 10.6. The van der Waals surface area contributed by atoms with Crippen molar-refractivity contribution in [1.82, 2.24) is 0 Å². The molecule has 0 spiro atoms. The summed E-state index contributed by atoms with van der Waals surface area (Å²) in [6.45, 7) is 6.04.